The summed E-state index contributed by atoms with van der Waals surface area (Å²) in [5.41, 5.74) is 3.26. The molecule has 0 fully saturated rings. The van der Waals surface area contributed by atoms with Gasteiger partial charge in [0.15, 0.2) is 5.13 Å². The van der Waals surface area contributed by atoms with Crippen LogP contribution in [0.15, 0.2) is 59.1 Å². The Labute approximate surface area is 149 Å². The number of amides is 1. The van der Waals surface area contributed by atoms with E-state index in [0.717, 1.165) is 22.6 Å². The van der Waals surface area contributed by atoms with Crippen LogP contribution in [0, 0.1) is 0 Å². The number of carbonyl (C=O) groups excluding carboxylic acids is 1. The van der Waals surface area contributed by atoms with Crippen LogP contribution in [0.1, 0.15) is 12.5 Å². The molecule has 0 saturated heterocycles. The molecule has 0 aliphatic carbocycles. The first-order valence-corrected chi connectivity index (χ1v) is 9.48. The summed E-state index contributed by atoms with van der Waals surface area (Å²) in [5, 5.41) is 5.45. The minimum atomic E-state index is -0.0564. The maximum Gasteiger partial charge on any atom is 0.236 e. The second-order valence-corrected chi connectivity index (χ2v) is 7.02. The highest BCUT2D eigenvalue weighted by molar-refractivity contribution is 8.00. The summed E-state index contributed by atoms with van der Waals surface area (Å²) in [4.78, 5) is 21.5. The van der Waals surface area contributed by atoms with E-state index < -0.39 is 0 Å². The van der Waals surface area contributed by atoms with Gasteiger partial charge >= 0.3 is 0 Å². The van der Waals surface area contributed by atoms with Gasteiger partial charge in [-0.15, -0.1) is 23.1 Å². The number of nitrogens with one attached hydrogen (secondary N) is 1. The first kappa shape index (κ1) is 16.7. The van der Waals surface area contributed by atoms with Gasteiger partial charge in [0.05, 0.1) is 11.4 Å². The van der Waals surface area contributed by atoms with Crippen LogP contribution in [0.3, 0.4) is 0 Å². The van der Waals surface area contributed by atoms with Crippen molar-refractivity contribution in [3.63, 3.8) is 0 Å². The number of aromatic nitrogens is 2. The quantitative estimate of drug-likeness (QED) is 0.662. The Morgan fingerprint density at radius 1 is 1.17 bits per heavy atom. The predicted octanol–water partition coefficient (Wildman–Crippen LogP) is 4.50. The molecule has 3 rings (SSSR count). The van der Waals surface area contributed by atoms with E-state index in [4.69, 9.17) is 0 Å². The zero-order valence-electron chi connectivity index (χ0n) is 13.2. The Morgan fingerprint density at radius 2 is 1.92 bits per heavy atom. The SMILES string of the molecule is CCc1ccc(-c2csc(NC(=O)CSc3ccncc3)n2)cc1. The van der Waals surface area contributed by atoms with Crippen molar-refractivity contribution in [1.82, 2.24) is 9.97 Å². The lowest BCUT2D eigenvalue weighted by molar-refractivity contribution is -0.113. The molecule has 6 heteroatoms. The van der Waals surface area contributed by atoms with Gasteiger partial charge in [-0.25, -0.2) is 4.98 Å². The molecule has 0 atom stereocenters. The van der Waals surface area contributed by atoms with Crippen molar-refractivity contribution in [3.05, 3.63) is 59.7 Å². The van der Waals surface area contributed by atoms with Crippen molar-refractivity contribution in [2.75, 3.05) is 11.1 Å². The van der Waals surface area contributed by atoms with E-state index in [1.807, 2.05) is 17.5 Å². The third kappa shape index (κ3) is 4.43. The molecule has 3 aromatic rings. The van der Waals surface area contributed by atoms with Crippen LogP contribution in [0.2, 0.25) is 0 Å². The van der Waals surface area contributed by atoms with Gasteiger partial charge in [0.1, 0.15) is 0 Å². The van der Waals surface area contributed by atoms with E-state index in [9.17, 15) is 4.79 Å². The molecule has 1 aromatic carbocycles. The molecule has 2 heterocycles. The molecule has 0 aliphatic heterocycles. The zero-order chi connectivity index (χ0) is 16.8. The van der Waals surface area contributed by atoms with Gasteiger partial charge in [-0.1, -0.05) is 31.2 Å². The van der Waals surface area contributed by atoms with Gasteiger partial charge in [0.2, 0.25) is 5.91 Å². The Balaban J connectivity index is 1.58. The lowest BCUT2D eigenvalue weighted by Crippen LogP contribution is -2.13. The van der Waals surface area contributed by atoms with Crippen molar-refractivity contribution in [1.29, 1.82) is 0 Å². The first-order valence-electron chi connectivity index (χ1n) is 7.62. The van der Waals surface area contributed by atoms with E-state index in [2.05, 4.69) is 46.5 Å². The van der Waals surface area contributed by atoms with Crippen LogP contribution in [-0.4, -0.2) is 21.6 Å². The average molecular weight is 355 g/mol. The van der Waals surface area contributed by atoms with Crippen molar-refractivity contribution in [3.8, 4) is 11.3 Å². The number of nitrogens with zero attached hydrogens (tertiary/aromatic N) is 2. The largest absolute Gasteiger partial charge is 0.301 e. The van der Waals surface area contributed by atoms with Gasteiger partial charge < -0.3 is 5.32 Å². The Morgan fingerprint density at radius 3 is 2.62 bits per heavy atom. The first-order chi connectivity index (χ1) is 11.7. The van der Waals surface area contributed by atoms with Crippen LogP contribution in [0.5, 0.6) is 0 Å². The van der Waals surface area contributed by atoms with Gasteiger partial charge in [0, 0.05) is 28.2 Å². The maximum absolute atomic E-state index is 12.0. The third-order valence-corrected chi connectivity index (χ3v) is 5.20. The Bertz CT molecular complexity index is 801. The molecule has 1 amide bonds. The smallest absolute Gasteiger partial charge is 0.236 e. The van der Waals surface area contributed by atoms with Crippen molar-refractivity contribution >= 4 is 34.1 Å². The molecule has 4 nitrogen and oxygen atoms in total. The number of pyridine rings is 1. The maximum atomic E-state index is 12.0. The van der Waals surface area contributed by atoms with Crippen LogP contribution < -0.4 is 5.32 Å². The van der Waals surface area contributed by atoms with Crippen molar-refractivity contribution in [2.45, 2.75) is 18.2 Å². The number of hydrogen-bond acceptors (Lipinski definition) is 5. The second-order valence-electron chi connectivity index (χ2n) is 5.11. The summed E-state index contributed by atoms with van der Waals surface area (Å²) in [6.45, 7) is 2.13. The molecule has 0 bridgehead atoms. The molecular formula is C18H17N3OS2. The summed E-state index contributed by atoms with van der Waals surface area (Å²) >= 11 is 2.92. The van der Waals surface area contributed by atoms with E-state index in [1.165, 1.54) is 28.7 Å². The van der Waals surface area contributed by atoms with Crippen LogP contribution in [-0.2, 0) is 11.2 Å². The minimum absolute atomic E-state index is 0.0564. The number of anilines is 1. The van der Waals surface area contributed by atoms with Crippen molar-refractivity contribution in [2.24, 2.45) is 0 Å². The Kier molecular flexibility index (Phi) is 5.61. The molecule has 0 aliphatic rings. The zero-order valence-corrected chi connectivity index (χ0v) is 14.9. The fourth-order valence-corrected chi connectivity index (χ4v) is 3.53. The number of rotatable bonds is 6. The van der Waals surface area contributed by atoms with E-state index >= 15 is 0 Å². The summed E-state index contributed by atoms with van der Waals surface area (Å²) in [6.07, 6.45) is 4.46. The molecule has 24 heavy (non-hydrogen) atoms. The van der Waals surface area contributed by atoms with Crippen LogP contribution in [0.25, 0.3) is 11.3 Å². The summed E-state index contributed by atoms with van der Waals surface area (Å²) in [5.74, 6) is 0.295. The molecule has 1 N–H and O–H groups in total. The molecular weight excluding hydrogens is 338 g/mol. The fraction of sp³-hybridized carbons (Fsp3) is 0.167. The minimum Gasteiger partial charge on any atom is -0.301 e. The van der Waals surface area contributed by atoms with Crippen LogP contribution >= 0.6 is 23.1 Å². The normalized spacial score (nSPS) is 10.5. The van der Waals surface area contributed by atoms with E-state index in [1.54, 1.807) is 12.4 Å². The highest BCUT2D eigenvalue weighted by Gasteiger charge is 2.08. The molecule has 0 unspecified atom stereocenters. The molecule has 0 spiro atoms. The number of benzene rings is 1. The monoisotopic (exact) mass is 355 g/mol. The van der Waals surface area contributed by atoms with E-state index in [-0.39, 0.29) is 5.91 Å². The Hall–Kier alpha value is -2.18. The lowest BCUT2D eigenvalue weighted by atomic mass is 10.1. The van der Waals surface area contributed by atoms with Gasteiger partial charge in [-0.3, -0.25) is 9.78 Å². The highest BCUT2D eigenvalue weighted by Crippen LogP contribution is 2.25. The van der Waals surface area contributed by atoms with Crippen LogP contribution in [0.4, 0.5) is 5.13 Å². The number of thiazole rings is 1. The summed E-state index contributed by atoms with van der Waals surface area (Å²) in [6, 6.07) is 12.1. The second kappa shape index (κ2) is 8.08. The molecule has 0 radical (unpaired) electrons. The molecule has 2 aromatic heterocycles. The highest BCUT2D eigenvalue weighted by atomic mass is 32.2. The number of thioether (sulfide) groups is 1. The standard InChI is InChI=1S/C18H17N3OS2/c1-2-13-3-5-14(6-4-13)16-11-24-18(20-16)21-17(22)12-23-15-7-9-19-10-8-15/h3-11H,2,12H2,1H3,(H,20,21,22). The molecule has 0 saturated carbocycles. The number of hydrogen-bond donors (Lipinski definition) is 1. The fourth-order valence-electron chi connectivity index (χ4n) is 2.11. The topological polar surface area (TPSA) is 54.9 Å². The van der Waals surface area contributed by atoms with Gasteiger partial charge in [-0.05, 0) is 24.1 Å². The summed E-state index contributed by atoms with van der Waals surface area (Å²) in [7, 11) is 0. The molecule has 122 valence electrons. The summed E-state index contributed by atoms with van der Waals surface area (Å²) < 4.78 is 0. The lowest BCUT2D eigenvalue weighted by Gasteiger charge is -2.02. The number of carbonyl (C=O) groups is 1. The predicted molar refractivity (Wildman–Crippen MR) is 101 cm³/mol. The average Bonchev–Trinajstić information content (AvgIpc) is 3.09. The number of aryl methyl sites for hydroxylation is 1. The van der Waals surface area contributed by atoms with E-state index in [0.29, 0.717) is 10.9 Å². The third-order valence-electron chi connectivity index (χ3n) is 3.43. The van der Waals surface area contributed by atoms with Crippen molar-refractivity contribution < 1.29 is 4.79 Å². The van der Waals surface area contributed by atoms with Gasteiger partial charge in [-0.2, -0.15) is 0 Å². The van der Waals surface area contributed by atoms with Gasteiger partial charge in [0.25, 0.3) is 0 Å².